The fourth-order valence-electron chi connectivity index (χ4n) is 3.71. The molecular weight excluding hydrogens is 370 g/mol. The SMILES string of the molecule is Cc1ccc(S(=O)(=O)N/N=C2/CCCCCCCCCCC2CCC#N)cc1. The highest BCUT2D eigenvalue weighted by Gasteiger charge is 2.19. The van der Waals surface area contributed by atoms with Gasteiger partial charge in [0, 0.05) is 18.1 Å². The number of sulfonamides is 1. The molecule has 0 heterocycles. The maximum Gasteiger partial charge on any atom is 0.276 e. The molecule has 1 unspecified atom stereocenters. The summed E-state index contributed by atoms with van der Waals surface area (Å²) in [5.74, 6) is 0.180. The predicted molar refractivity (Wildman–Crippen MR) is 113 cm³/mol. The Balaban J connectivity index is 2.16. The van der Waals surface area contributed by atoms with Crippen molar-refractivity contribution in [3.63, 3.8) is 0 Å². The summed E-state index contributed by atoms with van der Waals surface area (Å²) in [6.45, 7) is 1.93. The average Bonchev–Trinajstić information content (AvgIpc) is 2.67. The molecule has 0 bridgehead atoms. The van der Waals surface area contributed by atoms with Crippen molar-refractivity contribution in [3.05, 3.63) is 29.8 Å². The van der Waals surface area contributed by atoms with Crippen LogP contribution in [0.25, 0.3) is 0 Å². The maximum atomic E-state index is 12.6. The molecule has 1 N–H and O–H groups in total. The minimum Gasteiger partial charge on any atom is -0.200 e. The number of hydrogen-bond donors (Lipinski definition) is 1. The quantitative estimate of drug-likeness (QED) is 0.662. The highest BCUT2D eigenvalue weighted by molar-refractivity contribution is 7.89. The fraction of sp³-hybridized carbons (Fsp3) is 0.636. The van der Waals surface area contributed by atoms with Gasteiger partial charge < -0.3 is 0 Å². The molecule has 1 aromatic rings. The van der Waals surface area contributed by atoms with E-state index in [1.807, 2.05) is 6.92 Å². The summed E-state index contributed by atoms with van der Waals surface area (Å²) in [6.07, 6.45) is 12.6. The van der Waals surface area contributed by atoms with Gasteiger partial charge in [-0.2, -0.15) is 18.8 Å². The molecule has 0 aliphatic heterocycles. The van der Waals surface area contributed by atoms with E-state index in [9.17, 15) is 8.42 Å². The molecule has 6 heteroatoms. The van der Waals surface area contributed by atoms with Crippen LogP contribution in [0, 0.1) is 24.2 Å². The Morgan fingerprint density at radius 3 is 2.29 bits per heavy atom. The van der Waals surface area contributed by atoms with Gasteiger partial charge >= 0.3 is 0 Å². The van der Waals surface area contributed by atoms with E-state index in [-0.39, 0.29) is 10.8 Å². The van der Waals surface area contributed by atoms with E-state index in [0.29, 0.717) is 6.42 Å². The predicted octanol–water partition coefficient (Wildman–Crippen LogP) is 5.46. The van der Waals surface area contributed by atoms with E-state index < -0.39 is 10.0 Å². The molecule has 28 heavy (non-hydrogen) atoms. The Morgan fingerprint density at radius 2 is 1.64 bits per heavy atom. The van der Waals surface area contributed by atoms with Crippen molar-refractivity contribution in [1.29, 1.82) is 5.26 Å². The lowest BCUT2D eigenvalue weighted by Crippen LogP contribution is -2.24. The Bertz CT molecular complexity index is 764. The zero-order valence-corrected chi connectivity index (χ0v) is 17.8. The summed E-state index contributed by atoms with van der Waals surface area (Å²) in [6, 6.07) is 9.01. The van der Waals surface area contributed by atoms with Crippen LogP contribution >= 0.6 is 0 Å². The number of nitriles is 1. The molecule has 1 fully saturated rings. The van der Waals surface area contributed by atoms with Crippen LogP contribution in [0.3, 0.4) is 0 Å². The minimum atomic E-state index is -3.67. The Kier molecular flexibility index (Phi) is 9.49. The summed E-state index contributed by atoms with van der Waals surface area (Å²) in [4.78, 5) is 2.69. The molecule has 0 spiro atoms. The van der Waals surface area contributed by atoms with Gasteiger partial charge in [-0.3, -0.25) is 0 Å². The summed E-state index contributed by atoms with van der Waals surface area (Å²) < 4.78 is 25.2. The van der Waals surface area contributed by atoms with Crippen LogP contribution < -0.4 is 4.83 Å². The fourth-order valence-corrected chi connectivity index (χ4v) is 4.55. The normalized spacial score (nSPS) is 21.3. The van der Waals surface area contributed by atoms with Gasteiger partial charge in [-0.15, -0.1) is 0 Å². The van der Waals surface area contributed by atoms with Crippen LogP contribution in [0.15, 0.2) is 34.3 Å². The molecule has 0 aromatic heterocycles. The smallest absolute Gasteiger partial charge is 0.200 e. The van der Waals surface area contributed by atoms with Gasteiger partial charge in [-0.25, -0.2) is 4.83 Å². The van der Waals surface area contributed by atoms with Gasteiger partial charge in [-0.1, -0.05) is 62.6 Å². The van der Waals surface area contributed by atoms with Crippen LogP contribution in [-0.2, 0) is 10.0 Å². The molecular formula is C22H33N3O2S. The van der Waals surface area contributed by atoms with Gasteiger partial charge in [0.05, 0.1) is 11.0 Å². The number of aryl methyl sites for hydroxylation is 1. The second-order valence-corrected chi connectivity index (χ2v) is 9.43. The standard InChI is InChI=1S/C22H33N3O2S/c1-19-14-16-21(17-15-19)28(26,27)25-24-22-13-9-7-5-3-2-4-6-8-11-20(22)12-10-18-23/h14-17,20,25H,2-13H2,1H3/b24-22-. The van der Waals surface area contributed by atoms with E-state index >= 15 is 0 Å². The molecule has 1 atom stereocenters. The molecule has 1 aliphatic rings. The van der Waals surface area contributed by atoms with Crippen molar-refractivity contribution < 1.29 is 8.42 Å². The van der Waals surface area contributed by atoms with Crippen LogP contribution in [0.5, 0.6) is 0 Å². The highest BCUT2D eigenvalue weighted by atomic mass is 32.2. The van der Waals surface area contributed by atoms with Crippen molar-refractivity contribution in [2.45, 2.75) is 88.9 Å². The molecule has 2 rings (SSSR count). The summed E-state index contributed by atoms with van der Waals surface area (Å²) in [5, 5.41) is 13.4. The third kappa shape index (κ3) is 7.63. The maximum absolute atomic E-state index is 12.6. The van der Waals surface area contributed by atoms with E-state index in [2.05, 4.69) is 16.0 Å². The summed E-state index contributed by atoms with van der Waals surface area (Å²) >= 11 is 0. The number of nitrogens with zero attached hydrogens (tertiary/aromatic N) is 2. The minimum absolute atomic E-state index is 0.180. The largest absolute Gasteiger partial charge is 0.276 e. The highest BCUT2D eigenvalue weighted by Crippen LogP contribution is 2.23. The van der Waals surface area contributed by atoms with Crippen molar-refractivity contribution in [2.75, 3.05) is 0 Å². The van der Waals surface area contributed by atoms with Gasteiger partial charge in [-0.05, 0) is 44.7 Å². The first-order valence-electron chi connectivity index (χ1n) is 10.5. The topological polar surface area (TPSA) is 82.3 Å². The summed E-state index contributed by atoms with van der Waals surface area (Å²) in [7, 11) is -3.67. The molecule has 154 valence electrons. The van der Waals surface area contributed by atoms with Crippen molar-refractivity contribution in [2.24, 2.45) is 11.0 Å². The first kappa shape index (κ1) is 22.4. The van der Waals surface area contributed by atoms with E-state index in [1.54, 1.807) is 24.3 Å². The lowest BCUT2D eigenvalue weighted by atomic mass is 9.88. The first-order valence-corrected chi connectivity index (χ1v) is 12.0. The van der Waals surface area contributed by atoms with Crippen molar-refractivity contribution >= 4 is 15.7 Å². The number of hydrogen-bond acceptors (Lipinski definition) is 4. The first-order chi connectivity index (χ1) is 13.5. The van der Waals surface area contributed by atoms with Crippen LogP contribution in [-0.4, -0.2) is 14.1 Å². The molecule has 0 radical (unpaired) electrons. The second kappa shape index (κ2) is 11.9. The number of benzene rings is 1. The van der Waals surface area contributed by atoms with E-state index in [0.717, 1.165) is 49.8 Å². The van der Waals surface area contributed by atoms with Gasteiger partial charge in [0.1, 0.15) is 0 Å². The Morgan fingerprint density at radius 1 is 1.04 bits per heavy atom. The second-order valence-electron chi connectivity index (χ2n) is 7.77. The van der Waals surface area contributed by atoms with Crippen molar-refractivity contribution in [3.8, 4) is 6.07 Å². The van der Waals surface area contributed by atoms with Gasteiger partial charge in [0.25, 0.3) is 10.0 Å². The van der Waals surface area contributed by atoms with Crippen LogP contribution in [0.4, 0.5) is 0 Å². The van der Waals surface area contributed by atoms with E-state index in [1.165, 1.54) is 32.1 Å². The average molecular weight is 404 g/mol. The van der Waals surface area contributed by atoms with E-state index in [4.69, 9.17) is 5.26 Å². The molecule has 0 amide bonds. The van der Waals surface area contributed by atoms with Crippen LogP contribution in [0.1, 0.15) is 82.6 Å². The molecule has 5 nitrogen and oxygen atoms in total. The third-order valence-corrected chi connectivity index (χ3v) is 6.68. The van der Waals surface area contributed by atoms with Crippen molar-refractivity contribution in [1.82, 2.24) is 4.83 Å². The summed E-state index contributed by atoms with van der Waals surface area (Å²) in [5.41, 5.74) is 1.92. The zero-order chi connectivity index (χ0) is 20.2. The zero-order valence-electron chi connectivity index (χ0n) is 17.0. The lowest BCUT2D eigenvalue weighted by molar-refractivity contribution is 0.493. The van der Waals surface area contributed by atoms with Crippen LogP contribution in [0.2, 0.25) is 0 Å². The Labute approximate surface area is 170 Å². The molecule has 1 saturated carbocycles. The third-order valence-electron chi connectivity index (χ3n) is 5.45. The number of hydrazone groups is 1. The number of nitrogens with one attached hydrogen (secondary N) is 1. The van der Waals surface area contributed by atoms with Gasteiger partial charge in [0.15, 0.2) is 0 Å². The molecule has 0 saturated heterocycles. The molecule has 1 aliphatic carbocycles. The monoisotopic (exact) mass is 403 g/mol. The number of rotatable bonds is 5. The lowest BCUT2D eigenvalue weighted by Gasteiger charge is -2.19. The Hall–Kier alpha value is -1.87. The van der Waals surface area contributed by atoms with Gasteiger partial charge in [0.2, 0.25) is 0 Å². The molecule has 1 aromatic carbocycles.